The van der Waals surface area contributed by atoms with Crippen LogP contribution in [0.3, 0.4) is 0 Å². The molecule has 1 atom stereocenters. The summed E-state index contributed by atoms with van der Waals surface area (Å²) in [7, 11) is 1.56. The number of likely N-dealkylation sites (tertiary alicyclic amines) is 1. The third kappa shape index (κ3) is 2.94. The maximum atomic E-state index is 9.78. The molecule has 3 N–H and O–H groups in total. The zero-order valence-corrected chi connectivity index (χ0v) is 10.9. The zero-order valence-electron chi connectivity index (χ0n) is 10.9. The molecule has 0 saturated carbocycles. The van der Waals surface area contributed by atoms with Gasteiger partial charge < -0.3 is 15.6 Å². The number of ether oxygens (including phenoxy) is 1. The van der Waals surface area contributed by atoms with Crippen molar-refractivity contribution in [2.24, 2.45) is 5.73 Å². The Morgan fingerprint density at radius 2 is 2.28 bits per heavy atom. The lowest BCUT2D eigenvalue weighted by Gasteiger charge is -2.35. The van der Waals surface area contributed by atoms with Gasteiger partial charge in [-0.15, -0.1) is 0 Å². The highest BCUT2D eigenvalue weighted by molar-refractivity contribution is 5.41. The topological polar surface area (TPSA) is 58.7 Å². The van der Waals surface area contributed by atoms with Crippen LogP contribution in [0.15, 0.2) is 18.2 Å². The molecule has 1 aliphatic heterocycles. The van der Waals surface area contributed by atoms with Crippen LogP contribution in [-0.2, 0) is 6.54 Å². The highest BCUT2D eigenvalue weighted by Crippen LogP contribution is 2.27. The van der Waals surface area contributed by atoms with Crippen LogP contribution in [0.1, 0.15) is 24.8 Å². The fraction of sp³-hybridized carbons (Fsp3) is 0.571. The molecular formula is C14H22N2O2. The van der Waals surface area contributed by atoms with E-state index in [9.17, 15) is 5.11 Å². The van der Waals surface area contributed by atoms with Crippen LogP contribution in [-0.4, -0.2) is 36.2 Å². The standard InChI is InChI=1S/C14H22N2O2/c1-18-14-6-5-11(8-13(14)17)10-16-7-3-2-4-12(16)9-15/h5-6,8,12,17H,2-4,7,9-10,15H2,1H3. The number of benzene rings is 1. The average molecular weight is 250 g/mol. The van der Waals surface area contributed by atoms with Gasteiger partial charge in [0.15, 0.2) is 11.5 Å². The second-order valence-corrected chi connectivity index (χ2v) is 4.86. The summed E-state index contributed by atoms with van der Waals surface area (Å²) in [6, 6.07) is 6.07. The predicted molar refractivity (Wildman–Crippen MR) is 71.8 cm³/mol. The first-order valence-electron chi connectivity index (χ1n) is 6.54. The third-order valence-electron chi connectivity index (χ3n) is 3.65. The number of hydrogen-bond acceptors (Lipinski definition) is 4. The van der Waals surface area contributed by atoms with E-state index in [1.807, 2.05) is 12.1 Å². The Hall–Kier alpha value is -1.26. The van der Waals surface area contributed by atoms with E-state index in [4.69, 9.17) is 10.5 Å². The van der Waals surface area contributed by atoms with Gasteiger partial charge in [-0.3, -0.25) is 4.90 Å². The number of methoxy groups -OCH3 is 1. The van der Waals surface area contributed by atoms with Crippen LogP contribution in [0.2, 0.25) is 0 Å². The Kier molecular flexibility index (Phi) is 4.44. The minimum absolute atomic E-state index is 0.205. The molecule has 1 aliphatic rings. The predicted octanol–water partition coefficient (Wildman–Crippen LogP) is 1.71. The number of aromatic hydroxyl groups is 1. The molecule has 4 nitrogen and oxygen atoms in total. The van der Waals surface area contributed by atoms with Crippen LogP contribution in [0.25, 0.3) is 0 Å². The summed E-state index contributed by atoms with van der Waals surface area (Å²) in [6.07, 6.45) is 3.68. The van der Waals surface area contributed by atoms with Gasteiger partial charge in [-0.25, -0.2) is 0 Å². The summed E-state index contributed by atoms with van der Waals surface area (Å²) in [6.45, 7) is 2.65. The first kappa shape index (κ1) is 13.2. The fourth-order valence-electron chi connectivity index (χ4n) is 2.60. The van der Waals surface area contributed by atoms with Gasteiger partial charge >= 0.3 is 0 Å². The summed E-state index contributed by atoms with van der Waals surface area (Å²) in [5.74, 6) is 0.726. The summed E-state index contributed by atoms with van der Waals surface area (Å²) < 4.78 is 5.05. The van der Waals surface area contributed by atoms with Crippen molar-refractivity contribution in [1.82, 2.24) is 4.90 Å². The second kappa shape index (κ2) is 6.07. The molecule has 1 aromatic carbocycles. The number of phenols is 1. The van der Waals surface area contributed by atoms with Gasteiger partial charge in [0.1, 0.15) is 0 Å². The van der Waals surface area contributed by atoms with Gasteiger partial charge in [0.2, 0.25) is 0 Å². The Labute approximate surface area is 108 Å². The summed E-state index contributed by atoms with van der Waals surface area (Å²) >= 11 is 0. The molecule has 1 heterocycles. The molecule has 4 heteroatoms. The van der Waals surface area contributed by atoms with E-state index in [2.05, 4.69) is 4.90 Å². The SMILES string of the molecule is COc1ccc(CN2CCCCC2CN)cc1O. The summed E-state index contributed by atoms with van der Waals surface area (Å²) in [5, 5.41) is 9.78. The third-order valence-corrected chi connectivity index (χ3v) is 3.65. The lowest BCUT2D eigenvalue weighted by atomic mass is 10.0. The van der Waals surface area contributed by atoms with Crippen molar-refractivity contribution in [2.45, 2.75) is 31.8 Å². The minimum atomic E-state index is 0.205. The second-order valence-electron chi connectivity index (χ2n) is 4.86. The molecule has 100 valence electrons. The molecule has 1 fully saturated rings. The van der Waals surface area contributed by atoms with E-state index >= 15 is 0 Å². The van der Waals surface area contributed by atoms with Crippen LogP contribution >= 0.6 is 0 Å². The Morgan fingerprint density at radius 1 is 1.44 bits per heavy atom. The average Bonchev–Trinajstić information content (AvgIpc) is 2.39. The van der Waals surface area contributed by atoms with E-state index < -0.39 is 0 Å². The maximum absolute atomic E-state index is 9.78. The zero-order chi connectivity index (χ0) is 13.0. The first-order valence-corrected chi connectivity index (χ1v) is 6.54. The van der Waals surface area contributed by atoms with Gasteiger partial charge in [0.05, 0.1) is 7.11 Å². The van der Waals surface area contributed by atoms with Crippen molar-refractivity contribution in [3.05, 3.63) is 23.8 Å². The molecule has 0 spiro atoms. The number of nitrogens with two attached hydrogens (primary N) is 1. The first-order chi connectivity index (χ1) is 8.74. The number of rotatable bonds is 4. The quantitative estimate of drug-likeness (QED) is 0.854. The Balaban J connectivity index is 2.05. The van der Waals surface area contributed by atoms with E-state index in [1.54, 1.807) is 13.2 Å². The highest BCUT2D eigenvalue weighted by Gasteiger charge is 2.21. The smallest absolute Gasteiger partial charge is 0.160 e. The normalized spacial score (nSPS) is 20.9. The molecule has 18 heavy (non-hydrogen) atoms. The Morgan fingerprint density at radius 3 is 2.94 bits per heavy atom. The van der Waals surface area contributed by atoms with Crippen molar-refractivity contribution in [1.29, 1.82) is 0 Å². The molecule has 1 saturated heterocycles. The molecule has 2 rings (SSSR count). The van der Waals surface area contributed by atoms with Gasteiger partial charge in [-0.05, 0) is 37.1 Å². The lowest BCUT2D eigenvalue weighted by Crippen LogP contribution is -2.43. The maximum Gasteiger partial charge on any atom is 0.160 e. The van der Waals surface area contributed by atoms with Gasteiger partial charge in [0, 0.05) is 19.1 Å². The van der Waals surface area contributed by atoms with Crippen LogP contribution in [0.5, 0.6) is 11.5 Å². The molecular weight excluding hydrogens is 228 g/mol. The number of hydrogen-bond donors (Lipinski definition) is 2. The van der Waals surface area contributed by atoms with E-state index in [1.165, 1.54) is 19.3 Å². The van der Waals surface area contributed by atoms with Crippen molar-refractivity contribution in [2.75, 3.05) is 20.2 Å². The molecule has 0 amide bonds. The molecule has 0 aromatic heterocycles. The number of nitrogens with zero attached hydrogens (tertiary/aromatic N) is 1. The molecule has 0 radical (unpaired) electrons. The number of phenolic OH excluding ortho intramolecular Hbond substituents is 1. The van der Waals surface area contributed by atoms with Crippen molar-refractivity contribution in [3.8, 4) is 11.5 Å². The van der Waals surface area contributed by atoms with Gasteiger partial charge in [-0.1, -0.05) is 12.5 Å². The van der Waals surface area contributed by atoms with Crippen molar-refractivity contribution >= 4 is 0 Å². The highest BCUT2D eigenvalue weighted by atomic mass is 16.5. The number of piperidine rings is 1. The van der Waals surface area contributed by atoms with Crippen molar-refractivity contribution in [3.63, 3.8) is 0 Å². The van der Waals surface area contributed by atoms with Gasteiger partial charge in [0.25, 0.3) is 0 Å². The largest absolute Gasteiger partial charge is 0.504 e. The minimum Gasteiger partial charge on any atom is -0.504 e. The summed E-state index contributed by atoms with van der Waals surface area (Å²) in [4.78, 5) is 2.41. The molecule has 0 bridgehead atoms. The van der Waals surface area contributed by atoms with Crippen molar-refractivity contribution < 1.29 is 9.84 Å². The van der Waals surface area contributed by atoms with E-state index in [0.717, 1.165) is 18.7 Å². The molecule has 1 aromatic rings. The van der Waals surface area contributed by atoms with E-state index in [-0.39, 0.29) is 5.75 Å². The van der Waals surface area contributed by atoms with E-state index in [0.29, 0.717) is 18.3 Å². The monoisotopic (exact) mass is 250 g/mol. The molecule has 1 unspecified atom stereocenters. The van der Waals surface area contributed by atoms with Crippen LogP contribution in [0, 0.1) is 0 Å². The summed E-state index contributed by atoms with van der Waals surface area (Å²) in [5.41, 5.74) is 6.92. The molecule has 0 aliphatic carbocycles. The van der Waals surface area contributed by atoms with Gasteiger partial charge in [-0.2, -0.15) is 0 Å². The van der Waals surface area contributed by atoms with Crippen LogP contribution in [0.4, 0.5) is 0 Å². The lowest BCUT2D eigenvalue weighted by molar-refractivity contribution is 0.144. The van der Waals surface area contributed by atoms with Crippen LogP contribution < -0.4 is 10.5 Å². The Bertz CT molecular complexity index is 395. The fourth-order valence-corrected chi connectivity index (χ4v) is 2.60.